The second kappa shape index (κ2) is 8.42. The first-order valence-corrected chi connectivity index (χ1v) is 14.8. The van der Waals surface area contributed by atoms with Gasteiger partial charge in [0.1, 0.15) is 0 Å². The Hall–Kier alpha value is -4.66. The summed E-state index contributed by atoms with van der Waals surface area (Å²) in [5, 5.41) is 5.27. The molecule has 0 N–H and O–H groups in total. The molecule has 1 nitrogen and oxygen atoms in total. The molecule has 0 aliphatic heterocycles. The van der Waals surface area contributed by atoms with Crippen molar-refractivity contribution in [2.24, 2.45) is 0 Å². The van der Waals surface area contributed by atoms with Gasteiger partial charge in [0.2, 0.25) is 0 Å². The van der Waals surface area contributed by atoms with Gasteiger partial charge >= 0.3 is 0 Å². The van der Waals surface area contributed by atoms with Gasteiger partial charge in [0.25, 0.3) is 0 Å². The van der Waals surface area contributed by atoms with Crippen LogP contribution in [-0.2, 0) is 12.8 Å². The zero-order chi connectivity index (χ0) is 26.2. The molecule has 2 aromatic heterocycles. The van der Waals surface area contributed by atoms with Crippen LogP contribution in [0.2, 0.25) is 0 Å². The summed E-state index contributed by atoms with van der Waals surface area (Å²) >= 11 is 1.90. The summed E-state index contributed by atoms with van der Waals surface area (Å²) in [5.74, 6) is 0. The van der Waals surface area contributed by atoms with Gasteiger partial charge in [-0.05, 0) is 82.6 Å². The topological polar surface area (TPSA) is 4.93 Å². The van der Waals surface area contributed by atoms with Crippen LogP contribution >= 0.6 is 11.3 Å². The molecule has 0 radical (unpaired) electrons. The van der Waals surface area contributed by atoms with Gasteiger partial charge in [-0.15, -0.1) is 11.3 Å². The van der Waals surface area contributed by atoms with E-state index < -0.39 is 0 Å². The van der Waals surface area contributed by atoms with Crippen molar-refractivity contribution < 1.29 is 0 Å². The zero-order valence-corrected chi connectivity index (χ0v) is 22.7. The van der Waals surface area contributed by atoms with Crippen LogP contribution in [0.4, 0.5) is 0 Å². The molecular formula is C38H25NS. The van der Waals surface area contributed by atoms with Crippen molar-refractivity contribution in [3.05, 3.63) is 139 Å². The molecule has 6 aromatic carbocycles. The molecular weight excluding hydrogens is 502 g/mol. The van der Waals surface area contributed by atoms with E-state index in [9.17, 15) is 0 Å². The number of hydrogen-bond donors (Lipinski definition) is 0. The third kappa shape index (κ3) is 3.14. The quantitative estimate of drug-likeness (QED) is 0.211. The van der Waals surface area contributed by atoms with E-state index >= 15 is 0 Å². The predicted octanol–water partition coefficient (Wildman–Crippen LogP) is 10.6. The normalized spacial score (nSPS) is 12.8. The number of aromatic nitrogens is 1. The fraction of sp³-hybridized carbons (Fsp3) is 0.0526. The van der Waals surface area contributed by atoms with Crippen molar-refractivity contribution in [2.45, 2.75) is 12.8 Å². The molecule has 0 bridgehead atoms. The Morgan fingerprint density at radius 1 is 0.475 bits per heavy atom. The largest absolute Gasteiger partial charge is 0.309 e. The van der Waals surface area contributed by atoms with Crippen molar-refractivity contribution in [1.29, 1.82) is 0 Å². The third-order valence-corrected chi connectivity index (χ3v) is 9.93. The van der Waals surface area contributed by atoms with Crippen LogP contribution in [-0.4, -0.2) is 4.57 Å². The Morgan fingerprint density at radius 3 is 2.15 bits per heavy atom. The van der Waals surface area contributed by atoms with E-state index in [4.69, 9.17) is 0 Å². The Morgan fingerprint density at radius 2 is 1.20 bits per heavy atom. The lowest BCUT2D eigenvalue weighted by molar-refractivity contribution is 0.940. The number of para-hydroxylation sites is 1. The van der Waals surface area contributed by atoms with Gasteiger partial charge in [0.15, 0.2) is 0 Å². The van der Waals surface area contributed by atoms with E-state index in [0.29, 0.717) is 0 Å². The minimum atomic E-state index is 1.10. The number of hydrogen-bond acceptors (Lipinski definition) is 1. The smallest absolute Gasteiger partial charge is 0.0541 e. The lowest BCUT2D eigenvalue weighted by atomic mass is 9.85. The maximum Gasteiger partial charge on any atom is 0.0541 e. The Labute approximate surface area is 236 Å². The number of fused-ring (bicyclic) bond motifs is 9. The Bertz CT molecular complexity index is 2280. The highest BCUT2D eigenvalue weighted by molar-refractivity contribution is 7.26. The Balaban J connectivity index is 1.28. The number of benzene rings is 6. The first-order chi connectivity index (χ1) is 19.8. The first kappa shape index (κ1) is 22.2. The average Bonchev–Trinajstić information content (AvgIpc) is 3.56. The van der Waals surface area contributed by atoms with Crippen molar-refractivity contribution in [3.63, 3.8) is 0 Å². The van der Waals surface area contributed by atoms with Gasteiger partial charge in [0.05, 0.1) is 11.0 Å². The van der Waals surface area contributed by atoms with Crippen molar-refractivity contribution in [2.75, 3.05) is 0 Å². The van der Waals surface area contributed by atoms with Crippen LogP contribution in [0.25, 0.3) is 69.9 Å². The number of aryl methyl sites for hydroxylation is 2. The third-order valence-electron chi connectivity index (χ3n) is 8.71. The molecule has 9 rings (SSSR count). The molecule has 0 saturated carbocycles. The summed E-state index contributed by atoms with van der Waals surface area (Å²) < 4.78 is 5.16. The molecule has 40 heavy (non-hydrogen) atoms. The summed E-state index contributed by atoms with van der Waals surface area (Å²) in [6.45, 7) is 0. The lowest BCUT2D eigenvalue weighted by Crippen LogP contribution is -2.05. The van der Waals surface area contributed by atoms with Crippen LogP contribution in [0.3, 0.4) is 0 Å². The summed E-state index contributed by atoms with van der Waals surface area (Å²) in [5.41, 5.74) is 12.0. The minimum absolute atomic E-state index is 1.10. The van der Waals surface area contributed by atoms with Gasteiger partial charge in [0, 0.05) is 36.6 Å². The highest BCUT2D eigenvalue weighted by Gasteiger charge is 2.19. The summed E-state index contributed by atoms with van der Waals surface area (Å²) in [7, 11) is 0. The molecule has 0 spiro atoms. The molecule has 1 aliphatic rings. The number of thiophene rings is 1. The van der Waals surface area contributed by atoms with Crippen molar-refractivity contribution in [3.8, 4) is 27.9 Å². The SMILES string of the molecule is c1ccc2c(c1)CCc1ccc(-n3c4ccccc4c4cc(-c5cccc6c5sc5ccccc56)ccc43)cc1-2. The van der Waals surface area contributed by atoms with E-state index in [1.54, 1.807) is 0 Å². The number of nitrogens with zero attached hydrogens (tertiary/aromatic N) is 1. The fourth-order valence-electron chi connectivity index (χ4n) is 6.84. The summed E-state index contributed by atoms with van der Waals surface area (Å²) in [4.78, 5) is 0. The standard InChI is InChI=1S/C38H25NS/c1-2-9-28-24(8-1)16-17-25-18-20-27(23-33(25)28)39-35-14-5-3-10-30(35)34-22-26(19-21-36(34)39)29-12-7-13-32-31-11-4-6-15-37(31)40-38(29)32/h1-15,18-23H,16-17H2. The average molecular weight is 528 g/mol. The summed E-state index contributed by atoms with van der Waals surface area (Å²) in [6.07, 6.45) is 2.22. The monoisotopic (exact) mass is 527 g/mol. The molecule has 0 unspecified atom stereocenters. The molecule has 8 aromatic rings. The van der Waals surface area contributed by atoms with Crippen LogP contribution < -0.4 is 0 Å². The van der Waals surface area contributed by atoms with E-state index in [-0.39, 0.29) is 0 Å². The first-order valence-electron chi connectivity index (χ1n) is 14.0. The van der Waals surface area contributed by atoms with E-state index in [2.05, 4.69) is 132 Å². The highest BCUT2D eigenvalue weighted by atomic mass is 32.1. The van der Waals surface area contributed by atoms with E-state index in [1.807, 2.05) is 11.3 Å². The summed E-state index contributed by atoms with van der Waals surface area (Å²) in [6, 6.07) is 47.3. The van der Waals surface area contributed by atoms with Crippen molar-refractivity contribution >= 4 is 53.3 Å². The minimum Gasteiger partial charge on any atom is -0.309 e. The Kier molecular flexibility index (Phi) is 4.67. The number of rotatable bonds is 2. The van der Waals surface area contributed by atoms with Crippen molar-refractivity contribution in [1.82, 2.24) is 4.57 Å². The molecule has 1 aliphatic carbocycles. The van der Waals surface area contributed by atoms with Crippen LogP contribution in [0.5, 0.6) is 0 Å². The maximum absolute atomic E-state index is 2.45. The second-order valence-electron chi connectivity index (χ2n) is 10.9. The van der Waals surface area contributed by atoms with E-state index in [0.717, 1.165) is 12.8 Å². The highest BCUT2D eigenvalue weighted by Crippen LogP contribution is 2.42. The van der Waals surface area contributed by atoms with Gasteiger partial charge in [-0.2, -0.15) is 0 Å². The van der Waals surface area contributed by atoms with Gasteiger partial charge < -0.3 is 4.57 Å². The predicted molar refractivity (Wildman–Crippen MR) is 172 cm³/mol. The van der Waals surface area contributed by atoms with E-state index in [1.165, 1.54) is 81.0 Å². The van der Waals surface area contributed by atoms with Crippen LogP contribution in [0.15, 0.2) is 127 Å². The fourth-order valence-corrected chi connectivity index (χ4v) is 8.07. The molecule has 0 fully saturated rings. The van der Waals surface area contributed by atoms with Gasteiger partial charge in [-0.25, -0.2) is 0 Å². The maximum atomic E-state index is 2.45. The van der Waals surface area contributed by atoms with Gasteiger partial charge in [-0.3, -0.25) is 0 Å². The zero-order valence-electron chi connectivity index (χ0n) is 21.9. The molecule has 188 valence electrons. The molecule has 0 amide bonds. The molecule has 0 atom stereocenters. The molecule has 0 saturated heterocycles. The van der Waals surface area contributed by atoms with Crippen LogP contribution in [0, 0.1) is 0 Å². The van der Waals surface area contributed by atoms with Gasteiger partial charge in [-0.1, -0.05) is 91.0 Å². The molecule has 2 heteroatoms. The second-order valence-corrected chi connectivity index (χ2v) is 11.9. The molecule has 2 heterocycles. The van der Waals surface area contributed by atoms with Crippen LogP contribution in [0.1, 0.15) is 11.1 Å². The lowest BCUT2D eigenvalue weighted by Gasteiger charge is -2.21.